The molecule has 2 aliphatic rings. The van der Waals surface area contributed by atoms with E-state index in [1.807, 2.05) is 23.0 Å². The number of hydrogen-bond acceptors (Lipinski definition) is 6. The van der Waals surface area contributed by atoms with Crippen LogP contribution in [-0.2, 0) is 6.54 Å². The molecule has 2 fully saturated rings. The van der Waals surface area contributed by atoms with Crippen LogP contribution in [0.4, 0.5) is 0 Å². The quantitative estimate of drug-likeness (QED) is 0.421. The summed E-state index contributed by atoms with van der Waals surface area (Å²) >= 11 is 0. The minimum Gasteiger partial charge on any atom is -0.298 e. The van der Waals surface area contributed by atoms with Crippen LogP contribution in [0.15, 0.2) is 66.9 Å². The first-order valence-electron chi connectivity index (χ1n) is 13.0. The third-order valence-electron chi connectivity index (χ3n) is 7.73. The van der Waals surface area contributed by atoms with Crippen molar-refractivity contribution in [2.45, 2.75) is 50.7 Å². The predicted molar refractivity (Wildman–Crippen MR) is 137 cm³/mol. The SMILES string of the molecule is c1ccc(Cn2nnnc2C(c2ccc3ncccc3c2)N2CCN(C3CCCCC3)CC2)cc1. The highest BCUT2D eigenvalue weighted by atomic mass is 15.6. The normalized spacial score (nSPS) is 19.2. The Labute approximate surface area is 206 Å². The van der Waals surface area contributed by atoms with E-state index in [9.17, 15) is 0 Å². The second-order valence-electron chi connectivity index (χ2n) is 9.90. The zero-order valence-electron chi connectivity index (χ0n) is 20.2. The Morgan fingerprint density at radius 2 is 1.69 bits per heavy atom. The van der Waals surface area contributed by atoms with Crippen molar-refractivity contribution in [3.05, 3.63) is 83.8 Å². The monoisotopic (exact) mass is 467 g/mol. The van der Waals surface area contributed by atoms with Gasteiger partial charge in [0.05, 0.1) is 18.1 Å². The van der Waals surface area contributed by atoms with Crippen LogP contribution in [0.1, 0.15) is 55.1 Å². The number of piperazine rings is 1. The summed E-state index contributed by atoms with van der Waals surface area (Å²) in [5, 5.41) is 14.3. The van der Waals surface area contributed by atoms with Crippen molar-refractivity contribution in [1.29, 1.82) is 0 Å². The molecule has 1 saturated heterocycles. The van der Waals surface area contributed by atoms with Gasteiger partial charge in [-0.1, -0.05) is 61.7 Å². The van der Waals surface area contributed by atoms with E-state index in [2.05, 4.69) is 78.8 Å². The number of pyridine rings is 1. The fraction of sp³-hybridized carbons (Fsp3) is 0.429. The summed E-state index contributed by atoms with van der Waals surface area (Å²) in [6, 6.07) is 21.9. The standard InChI is InChI=1S/C28H33N7/c1-3-8-22(9-4-1)21-35-28(30-31-32-35)27(24-13-14-26-23(20-24)10-7-15-29-26)34-18-16-33(17-19-34)25-11-5-2-6-12-25/h1,3-4,7-10,13-15,20,25,27H,2,5-6,11-12,16-19,21H2. The van der Waals surface area contributed by atoms with E-state index >= 15 is 0 Å². The molecule has 35 heavy (non-hydrogen) atoms. The average molecular weight is 468 g/mol. The maximum absolute atomic E-state index is 4.58. The summed E-state index contributed by atoms with van der Waals surface area (Å²) in [5.41, 5.74) is 3.44. The second kappa shape index (κ2) is 10.2. The molecule has 2 aromatic carbocycles. The van der Waals surface area contributed by atoms with Crippen LogP contribution in [0.5, 0.6) is 0 Å². The molecule has 4 aromatic rings. The molecule has 1 atom stereocenters. The highest BCUT2D eigenvalue weighted by Gasteiger charge is 2.33. The van der Waals surface area contributed by atoms with Crippen molar-refractivity contribution >= 4 is 10.9 Å². The van der Waals surface area contributed by atoms with E-state index in [0.717, 1.165) is 48.9 Å². The van der Waals surface area contributed by atoms with E-state index in [4.69, 9.17) is 0 Å². The molecule has 0 bridgehead atoms. The van der Waals surface area contributed by atoms with E-state index in [1.54, 1.807) is 0 Å². The topological polar surface area (TPSA) is 63.0 Å². The van der Waals surface area contributed by atoms with Gasteiger partial charge in [0.2, 0.25) is 0 Å². The Hall–Kier alpha value is -3.16. The zero-order chi connectivity index (χ0) is 23.5. The van der Waals surface area contributed by atoms with Gasteiger partial charge >= 0.3 is 0 Å². The molecule has 7 nitrogen and oxygen atoms in total. The van der Waals surface area contributed by atoms with Crippen LogP contribution in [0, 0.1) is 0 Å². The highest BCUT2D eigenvalue weighted by Crippen LogP contribution is 2.32. The Bertz CT molecular complexity index is 1240. The number of aromatic nitrogens is 5. The third-order valence-corrected chi connectivity index (χ3v) is 7.73. The lowest BCUT2D eigenvalue weighted by Gasteiger charge is -2.43. The summed E-state index contributed by atoms with van der Waals surface area (Å²) < 4.78 is 1.97. The first-order chi connectivity index (χ1) is 17.3. The van der Waals surface area contributed by atoms with Crippen molar-refractivity contribution in [2.24, 2.45) is 0 Å². The molecule has 180 valence electrons. The Kier molecular flexibility index (Phi) is 6.51. The van der Waals surface area contributed by atoms with Crippen molar-refractivity contribution in [2.75, 3.05) is 26.2 Å². The third kappa shape index (κ3) is 4.83. The van der Waals surface area contributed by atoms with Gasteiger partial charge in [0.15, 0.2) is 5.82 Å². The molecule has 2 aromatic heterocycles. The van der Waals surface area contributed by atoms with Crippen LogP contribution in [0.25, 0.3) is 10.9 Å². The largest absolute Gasteiger partial charge is 0.298 e. The molecule has 3 heterocycles. The summed E-state index contributed by atoms with van der Waals surface area (Å²) in [7, 11) is 0. The number of hydrogen-bond donors (Lipinski definition) is 0. The highest BCUT2D eigenvalue weighted by molar-refractivity contribution is 5.79. The molecule has 0 radical (unpaired) electrons. The maximum Gasteiger partial charge on any atom is 0.173 e. The number of nitrogens with zero attached hydrogens (tertiary/aromatic N) is 7. The van der Waals surface area contributed by atoms with Gasteiger partial charge in [-0.05, 0) is 52.6 Å². The van der Waals surface area contributed by atoms with Gasteiger partial charge in [0.1, 0.15) is 0 Å². The van der Waals surface area contributed by atoms with Crippen LogP contribution in [-0.4, -0.2) is 67.2 Å². The Balaban J connectivity index is 1.31. The Morgan fingerprint density at radius 3 is 2.51 bits per heavy atom. The maximum atomic E-state index is 4.58. The molecule has 0 spiro atoms. The van der Waals surface area contributed by atoms with E-state index in [0.29, 0.717) is 6.54 Å². The van der Waals surface area contributed by atoms with E-state index < -0.39 is 0 Å². The number of benzene rings is 2. The van der Waals surface area contributed by atoms with Gasteiger partial charge in [0, 0.05) is 43.8 Å². The van der Waals surface area contributed by atoms with Gasteiger partial charge in [-0.3, -0.25) is 14.8 Å². The van der Waals surface area contributed by atoms with Crippen molar-refractivity contribution in [3.63, 3.8) is 0 Å². The van der Waals surface area contributed by atoms with Gasteiger partial charge in [0.25, 0.3) is 0 Å². The fourth-order valence-electron chi connectivity index (χ4n) is 5.87. The molecule has 0 N–H and O–H groups in total. The van der Waals surface area contributed by atoms with Gasteiger partial charge in [-0.15, -0.1) is 5.10 Å². The lowest BCUT2D eigenvalue weighted by atomic mass is 9.93. The van der Waals surface area contributed by atoms with Crippen LogP contribution < -0.4 is 0 Å². The predicted octanol–water partition coefficient (Wildman–Crippen LogP) is 4.31. The lowest BCUT2D eigenvalue weighted by molar-refractivity contribution is 0.0621. The van der Waals surface area contributed by atoms with Gasteiger partial charge in [-0.25, -0.2) is 4.68 Å². The number of rotatable bonds is 6. The molecule has 0 amide bonds. The van der Waals surface area contributed by atoms with E-state index in [-0.39, 0.29) is 6.04 Å². The number of tetrazole rings is 1. The summed E-state index contributed by atoms with van der Waals surface area (Å²) in [6.07, 6.45) is 8.73. The first-order valence-corrected chi connectivity index (χ1v) is 13.0. The van der Waals surface area contributed by atoms with Crippen molar-refractivity contribution in [3.8, 4) is 0 Å². The smallest absolute Gasteiger partial charge is 0.173 e. The summed E-state index contributed by atoms with van der Waals surface area (Å²) in [6.45, 7) is 4.92. The van der Waals surface area contributed by atoms with Crippen molar-refractivity contribution in [1.82, 2.24) is 35.0 Å². The minimum atomic E-state index is 0.00632. The van der Waals surface area contributed by atoms with Crippen molar-refractivity contribution < 1.29 is 0 Å². The Morgan fingerprint density at radius 1 is 0.857 bits per heavy atom. The lowest BCUT2D eigenvalue weighted by Crippen LogP contribution is -2.52. The van der Waals surface area contributed by atoms with Crippen LogP contribution in [0.2, 0.25) is 0 Å². The molecule has 1 unspecified atom stereocenters. The molecular weight excluding hydrogens is 434 g/mol. The molecule has 1 aliphatic carbocycles. The van der Waals surface area contributed by atoms with Crippen LogP contribution >= 0.6 is 0 Å². The summed E-state index contributed by atoms with van der Waals surface area (Å²) in [4.78, 5) is 9.83. The molecule has 6 rings (SSSR count). The van der Waals surface area contributed by atoms with E-state index in [1.165, 1.54) is 43.2 Å². The average Bonchev–Trinajstić information content (AvgIpc) is 3.37. The molecule has 7 heteroatoms. The number of fused-ring (bicyclic) bond motifs is 1. The fourth-order valence-corrected chi connectivity index (χ4v) is 5.87. The van der Waals surface area contributed by atoms with Gasteiger partial charge in [-0.2, -0.15) is 0 Å². The summed E-state index contributed by atoms with van der Waals surface area (Å²) in [5.74, 6) is 0.906. The first kappa shape index (κ1) is 22.3. The molecular formula is C28H33N7. The second-order valence-corrected chi connectivity index (χ2v) is 9.90. The zero-order valence-corrected chi connectivity index (χ0v) is 20.2. The van der Waals surface area contributed by atoms with Gasteiger partial charge < -0.3 is 0 Å². The minimum absolute atomic E-state index is 0.00632. The molecule has 1 aliphatic heterocycles. The molecule has 1 saturated carbocycles. The van der Waals surface area contributed by atoms with Crippen LogP contribution in [0.3, 0.4) is 0 Å².